The molecule has 0 amide bonds. The van der Waals surface area contributed by atoms with Crippen LogP contribution in [0.2, 0.25) is 0 Å². The molecule has 1 aromatic heterocycles. The average Bonchev–Trinajstić information content (AvgIpc) is 2.38. The number of hydrogen-bond donors (Lipinski definition) is 1. The Kier molecular flexibility index (Phi) is 2.79. The molecule has 0 spiro atoms. The van der Waals surface area contributed by atoms with Gasteiger partial charge in [0.25, 0.3) is 0 Å². The molecule has 20 heavy (non-hydrogen) atoms. The van der Waals surface area contributed by atoms with E-state index < -0.39 is 0 Å². The summed E-state index contributed by atoms with van der Waals surface area (Å²) in [4.78, 5) is 0. The van der Waals surface area contributed by atoms with E-state index in [2.05, 4.69) is 10.8 Å². The summed E-state index contributed by atoms with van der Waals surface area (Å²) in [5, 5.41) is 10.1. The molecule has 3 heteroatoms. The molecule has 4 aliphatic carbocycles. The first-order valence-corrected chi connectivity index (χ1v) is 8.34. The second-order valence-electron chi connectivity index (χ2n) is 7.66. The quantitative estimate of drug-likeness (QED) is 0.814. The maximum absolute atomic E-state index is 10.1. The number of nitrogens with zero attached hydrogens (tertiary/aromatic N) is 1. The number of rotatable bonds is 2. The normalized spacial score (nSPS) is 38.4. The summed E-state index contributed by atoms with van der Waals surface area (Å²) in [6, 6.07) is 1.87. The largest absolute Gasteiger partial charge is 0.505 e. The molecule has 5 rings (SSSR count). The van der Waals surface area contributed by atoms with Crippen molar-refractivity contribution >= 4 is 12.2 Å². The van der Waals surface area contributed by atoms with Crippen LogP contribution in [0.1, 0.15) is 44.2 Å². The zero-order valence-corrected chi connectivity index (χ0v) is 13.0. The molecule has 0 atom stereocenters. The van der Waals surface area contributed by atoms with Crippen molar-refractivity contribution in [1.82, 2.24) is 4.57 Å². The van der Waals surface area contributed by atoms with Gasteiger partial charge < -0.3 is 9.67 Å². The number of pyridine rings is 1. The highest BCUT2D eigenvalue weighted by atomic mass is 32.1. The summed E-state index contributed by atoms with van der Waals surface area (Å²) in [5.41, 5.74) is 1.44. The first-order chi connectivity index (χ1) is 9.55. The molecule has 0 aliphatic heterocycles. The Morgan fingerprint density at radius 3 is 2.30 bits per heavy atom. The summed E-state index contributed by atoms with van der Waals surface area (Å²) in [5.74, 6) is 3.24. The van der Waals surface area contributed by atoms with Gasteiger partial charge in [-0.1, -0.05) is 12.2 Å². The van der Waals surface area contributed by atoms with E-state index >= 15 is 0 Å². The van der Waals surface area contributed by atoms with Crippen LogP contribution in [0.15, 0.2) is 12.3 Å². The molecular weight excluding hydrogens is 266 g/mol. The van der Waals surface area contributed by atoms with Crippen LogP contribution in [0.25, 0.3) is 0 Å². The monoisotopic (exact) mass is 289 g/mol. The van der Waals surface area contributed by atoms with Crippen LogP contribution in [0.3, 0.4) is 0 Å². The molecule has 4 saturated carbocycles. The lowest BCUT2D eigenvalue weighted by Crippen LogP contribution is -2.48. The smallest absolute Gasteiger partial charge is 0.152 e. The zero-order chi connectivity index (χ0) is 13.9. The molecular formula is C17H23NOS. The van der Waals surface area contributed by atoms with Crippen molar-refractivity contribution in [3.05, 3.63) is 22.5 Å². The highest BCUT2D eigenvalue weighted by molar-refractivity contribution is 7.71. The summed E-state index contributed by atoms with van der Waals surface area (Å²) < 4.78 is 2.82. The van der Waals surface area contributed by atoms with Gasteiger partial charge in [0.15, 0.2) is 5.75 Å². The fraction of sp³-hybridized carbons (Fsp3) is 0.706. The molecule has 0 unspecified atom stereocenters. The minimum atomic E-state index is 0.298. The standard InChI is InChI=1S/C17H23NOS/c1-11-16(19)15(20)2-3-18(11)10-17-7-12-4-13(8-17)6-14(5-12)9-17/h2-3,12-14,19H,4-10H2,1H3. The minimum absolute atomic E-state index is 0.298. The molecule has 0 saturated heterocycles. The molecule has 4 fully saturated rings. The predicted molar refractivity (Wildman–Crippen MR) is 82.3 cm³/mol. The molecule has 2 nitrogen and oxygen atoms in total. The van der Waals surface area contributed by atoms with Gasteiger partial charge in [-0.05, 0) is 74.7 Å². The Labute approximate surface area is 125 Å². The van der Waals surface area contributed by atoms with Crippen LogP contribution in [0.5, 0.6) is 5.75 Å². The van der Waals surface area contributed by atoms with Crippen LogP contribution >= 0.6 is 12.2 Å². The maximum atomic E-state index is 10.1. The lowest BCUT2D eigenvalue weighted by molar-refractivity contribution is -0.0622. The minimum Gasteiger partial charge on any atom is -0.505 e. The molecule has 0 radical (unpaired) electrons. The van der Waals surface area contributed by atoms with Crippen molar-refractivity contribution in [2.45, 2.75) is 52.0 Å². The SMILES string of the molecule is Cc1c(O)c(=S)ccn1CC12CC3CC(CC(C3)C1)C2. The van der Waals surface area contributed by atoms with E-state index in [1.54, 1.807) is 0 Å². The molecule has 4 aliphatic rings. The van der Waals surface area contributed by atoms with E-state index in [0.717, 1.165) is 30.0 Å². The lowest BCUT2D eigenvalue weighted by Gasteiger charge is -2.57. The van der Waals surface area contributed by atoms with Gasteiger partial charge in [0.05, 0.1) is 10.2 Å². The van der Waals surface area contributed by atoms with Gasteiger partial charge in [-0.15, -0.1) is 0 Å². The van der Waals surface area contributed by atoms with Crippen molar-refractivity contribution in [1.29, 1.82) is 0 Å². The highest BCUT2D eigenvalue weighted by Gasteiger charge is 2.50. The second kappa shape index (κ2) is 4.33. The summed E-state index contributed by atoms with van der Waals surface area (Å²) >= 11 is 5.15. The van der Waals surface area contributed by atoms with Gasteiger partial charge >= 0.3 is 0 Å². The Hall–Kier alpha value is -0.830. The zero-order valence-electron chi connectivity index (χ0n) is 12.1. The first-order valence-electron chi connectivity index (χ1n) is 7.94. The van der Waals surface area contributed by atoms with Crippen LogP contribution in [0, 0.1) is 34.6 Å². The summed E-state index contributed by atoms with van der Waals surface area (Å²) in [6.07, 6.45) is 10.7. The van der Waals surface area contributed by atoms with E-state index in [-0.39, 0.29) is 0 Å². The summed E-state index contributed by atoms with van der Waals surface area (Å²) in [6.45, 7) is 3.07. The van der Waals surface area contributed by atoms with Crippen molar-refractivity contribution in [2.75, 3.05) is 0 Å². The third-order valence-corrected chi connectivity index (χ3v) is 6.41. The molecule has 108 valence electrons. The molecule has 1 N–H and O–H groups in total. The van der Waals surface area contributed by atoms with E-state index in [0.29, 0.717) is 15.7 Å². The number of aromatic hydroxyl groups is 1. The topological polar surface area (TPSA) is 25.2 Å². The van der Waals surface area contributed by atoms with E-state index in [1.165, 1.54) is 38.5 Å². The van der Waals surface area contributed by atoms with Crippen LogP contribution < -0.4 is 0 Å². The Bertz CT molecular complexity index is 568. The third-order valence-electron chi connectivity index (χ3n) is 6.08. The maximum Gasteiger partial charge on any atom is 0.152 e. The number of hydrogen-bond acceptors (Lipinski definition) is 2. The first kappa shape index (κ1) is 12.9. The Morgan fingerprint density at radius 2 is 1.75 bits per heavy atom. The van der Waals surface area contributed by atoms with Gasteiger partial charge in [-0.25, -0.2) is 0 Å². The van der Waals surface area contributed by atoms with Crippen molar-refractivity contribution in [2.24, 2.45) is 23.2 Å². The lowest BCUT2D eigenvalue weighted by atomic mass is 9.49. The van der Waals surface area contributed by atoms with Gasteiger partial charge in [-0.3, -0.25) is 0 Å². The van der Waals surface area contributed by atoms with Gasteiger partial charge in [0, 0.05) is 12.7 Å². The molecule has 1 heterocycles. The van der Waals surface area contributed by atoms with Crippen molar-refractivity contribution in [3.8, 4) is 5.75 Å². The molecule has 1 aromatic rings. The molecule has 0 aromatic carbocycles. The van der Waals surface area contributed by atoms with Crippen LogP contribution in [-0.2, 0) is 6.54 Å². The van der Waals surface area contributed by atoms with E-state index in [9.17, 15) is 5.11 Å². The Balaban J connectivity index is 1.66. The van der Waals surface area contributed by atoms with E-state index in [1.807, 2.05) is 13.0 Å². The van der Waals surface area contributed by atoms with Crippen molar-refractivity contribution < 1.29 is 5.11 Å². The van der Waals surface area contributed by atoms with E-state index in [4.69, 9.17) is 12.2 Å². The van der Waals surface area contributed by atoms with Gasteiger partial charge in [0.2, 0.25) is 0 Å². The molecule has 4 bridgehead atoms. The van der Waals surface area contributed by atoms with Gasteiger partial charge in [-0.2, -0.15) is 0 Å². The summed E-state index contributed by atoms with van der Waals surface area (Å²) in [7, 11) is 0. The second-order valence-corrected chi connectivity index (χ2v) is 8.10. The predicted octanol–water partition coefficient (Wildman–Crippen LogP) is 4.45. The van der Waals surface area contributed by atoms with Crippen molar-refractivity contribution in [3.63, 3.8) is 0 Å². The van der Waals surface area contributed by atoms with Crippen LogP contribution in [-0.4, -0.2) is 9.67 Å². The fourth-order valence-electron chi connectivity index (χ4n) is 5.68. The van der Waals surface area contributed by atoms with Crippen LogP contribution in [0.4, 0.5) is 0 Å². The number of aromatic nitrogens is 1. The van der Waals surface area contributed by atoms with Gasteiger partial charge in [0.1, 0.15) is 0 Å². The fourth-order valence-corrected chi connectivity index (χ4v) is 5.89. The Morgan fingerprint density at radius 1 is 1.20 bits per heavy atom. The third kappa shape index (κ3) is 1.93. The average molecular weight is 289 g/mol. The highest BCUT2D eigenvalue weighted by Crippen LogP contribution is 2.60.